The lowest BCUT2D eigenvalue weighted by atomic mass is 10.1. The summed E-state index contributed by atoms with van der Waals surface area (Å²) in [5.41, 5.74) is 1.20. The van der Waals surface area contributed by atoms with Crippen molar-refractivity contribution in [1.82, 2.24) is 0 Å². The standard InChI is InChI=1S/C16H13NO4/c1-3-5-17-8-10-9-21-13-7-12-11(4-6-20-12)16(19-2)14(13)15(10)18/h3-9H,1-2H3/b5-3+,17-8?. The van der Waals surface area contributed by atoms with E-state index in [0.717, 1.165) is 5.39 Å². The lowest BCUT2D eigenvalue weighted by molar-refractivity contribution is 0.423. The Hall–Kier alpha value is -2.82. The summed E-state index contributed by atoms with van der Waals surface area (Å²) in [5.74, 6) is 0.450. The molecule has 21 heavy (non-hydrogen) atoms. The van der Waals surface area contributed by atoms with E-state index in [1.165, 1.54) is 19.6 Å². The average Bonchev–Trinajstić information content (AvgIpc) is 2.95. The van der Waals surface area contributed by atoms with Crippen molar-refractivity contribution in [3.05, 3.63) is 52.7 Å². The van der Waals surface area contributed by atoms with Crippen LogP contribution in [0, 0.1) is 0 Å². The molecular weight excluding hydrogens is 270 g/mol. The molecule has 0 amide bonds. The van der Waals surface area contributed by atoms with Gasteiger partial charge in [0.15, 0.2) is 0 Å². The molecule has 0 aliphatic heterocycles. The molecule has 3 rings (SSSR count). The molecule has 0 N–H and O–H groups in total. The van der Waals surface area contributed by atoms with Crippen LogP contribution in [0.3, 0.4) is 0 Å². The molecule has 0 spiro atoms. The predicted molar refractivity (Wildman–Crippen MR) is 81.2 cm³/mol. The highest BCUT2D eigenvalue weighted by atomic mass is 16.5. The predicted octanol–water partition coefficient (Wildman–Crippen LogP) is 3.50. The average molecular weight is 283 g/mol. The van der Waals surface area contributed by atoms with Crippen molar-refractivity contribution < 1.29 is 13.6 Å². The number of allylic oxidation sites excluding steroid dienone is 1. The monoisotopic (exact) mass is 283 g/mol. The highest BCUT2D eigenvalue weighted by molar-refractivity contribution is 6.02. The molecule has 0 unspecified atom stereocenters. The summed E-state index contributed by atoms with van der Waals surface area (Å²) in [6.45, 7) is 1.85. The highest BCUT2D eigenvalue weighted by Gasteiger charge is 2.16. The number of ether oxygens (including phenoxy) is 1. The Morgan fingerprint density at radius 2 is 2.14 bits per heavy atom. The van der Waals surface area contributed by atoms with Gasteiger partial charge >= 0.3 is 0 Å². The van der Waals surface area contributed by atoms with Crippen molar-refractivity contribution in [2.75, 3.05) is 7.11 Å². The van der Waals surface area contributed by atoms with Gasteiger partial charge in [-0.15, -0.1) is 0 Å². The Labute approximate surface area is 120 Å². The summed E-state index contributed by atoms with van der Waals surface area (Å²) in [6, 6.07) is 3.44. The lowest BCUT2D eigenvalue weighted by Crippen LogP contribution is -2.09. The molecule has 0 radical (unpaired) electrons. The summed E-state index contributed by atoms with van der Waals surface area (Å²) < 4.78 is 16.2. The second kappa shape index (κ2) is 5.28. The molecule has 106 valence electrons. The van der Waals surface area contributed by atoms with Crippen LogP contribution in [0.1, 0.15) is 12.5 Å². The van der Waals surface area contributed by atoms with E-state index in [1.807, 2.05) is 6.92 Å². The molecule has 0 aliphatic rings. The molecule has 0 atom stereocenters. The maximum atomic E-state index is 12.6. The van der Waals surface area contributed by atoms with Crippen molar-refractivity contribution in [1.29, 1.82) is 0 Å². The first-order valence-electron chi connectivity index (χ1n) is 6.40. The second-order valence-corrected chi connectivity index (χ2v) is 4.40. The first-order chi connectivity index (χ1) is 10.3. The molecule has 3 aromatic rings. The maximum Gasteiger partial charge on any atom is 0.205 e. The van der Waals surface area contributed by atoms with E-state index in [-0.39, 0.29) is 5.43 Å². The van der Waals surface area contributed by atoms with Gasteiger partial charge < -0.3 is 13.6 Å². The van der Waals surface area contributed by atoms with Gasteiger partial charge in [-0.2, -0.15) is 0 Å². The van der Waals surface area contributed by atoms with E-state index in [2.05, 4.69) is 4.99 Å². The summed E-state index contributed by atoms with van der Waals surface area (Å²) in [6.07, 6.45) is 7.76. The van der Waals surface area contributed by atoms with E-state index >= 15 is 0 Å². The fourth-order valence-corrected chi connectivity index (χ4v) is 2.20. The number of benzene rings is 1. The number of furan rings is 1. The van der Waals surface area contributed by atoms with Crippen molar-refractivity contribution in [3.8, 4) is 5.75 Å². The molecule has 0 saturated carbocycles. The molecule has 2 aromatic heterocycles. The van der Waals surface area contributed by atoms with Gasteiger partial charge in [-0.25, -0.2) is 0 Å². The normalized spacial score (nSPS) is 12.1. The minimum Gasteiger partial charge on any atom is -0.495 e. The summed E-state index contributed by atoms with van der Waals surface area (Å²) in [5, 5.41) is 1.12. The van der Waals surface area contributed by atoms with E-state index < -0.39 is 0 Å². The van der Waals surface area contributed by atoms with E-state index in [4.69, 9.17) is 13.6 Å². The Balaban J connectivity index is 2.36. The lowest BCUT2D eigenvalue weighted by Gasteiger charge is -2.06. The largest absolute Gasteiger partial charge is 0.495 e. The molecular formula is C16H13NO4. The number of hydrogen-bond donors (Lipinski definition) is 0. The van der Waals surface area contributed by atoms with Crippen LogP contribution in [0.2, 0.25) is 0 Å². The number of fused-ring (bicyclic) bond motifs is 2. The maximum absolute atomic E-state index is 12.6. The van der Waals surface area contributed by atoms with Crippen molar-refractivity contribution in [2.45, 2.75) is 6.92 Å². The Kier molecular flexibility index (Phi) is 3.31. The van der Waals surface area contributed by atoms with Crippen LogP contribution < -0.4 is 10.2 Å². The topological polar surface area (TPSA) is 64.9 Å². The third-order valence-electron chi connectivity index (χ3n) is 3.13. The van der Waals surface area contributed by atoms with Gasteiger partial charge in [-0.1, -0.05) is 6.08 Å². The van der Waals surface area contributed by atoms with Gasteiger partial charge in [-0.3, -0.25) is 9.79 Å². The van der Waals surface area contributed by atoms with Gasteiger partial charge in [0.2, 0.25) is 5.43 Å². The molecule has 0 aliphatic carbocycles. The van der Waals surface area contributed by atoms with E-state index in [1.54, 1.807) is 30.7 Å². The number of hydrogen-bond acceptors (Lipinski definition) is 5. The number of methoxy groups -OCH3 is 1. The third kappa shape index (κ3) is 2.12. The van der Waals surface area contributed by atoms with Crippen LogP contribution in [0.5, 0.6) is 5.75 Å². The van der Waals surface area contributed by atoms with Crippen molar-refractivity contribution in [3.63, 3.8) is 0 Å². The minimum atomic E-state index is -0.190. The van der Waals surface area contributed by atoms with Crippen LogP contribution >= 0.6 is 0 Å². The van der Waals surface area contributed by atoms with E-state index in [0.29, 0.717) is 27.9 Å². The van der Waals surface area contributed by atoms with E-state index in [9.17, 15) is 4.79 Å². The van der Waals surface area contributed by atoms with Crippen molar-refractivity contribution in [2.24, 2.45) is 4.99 Å². The minimum absolute atomic E-state index is 0.190. The number of nitrogens with zero attached hydrogens (tertiary/aromatic N) is 1. The zero-order valence-electron chi connectivity index (χ0n) is 11.6. The van der Waals surface area contributed by atoms with Gasteiger partial charge in [0.25, 0.3) is 0 Å². The number of rotatable bonds is 3. The molecule has 5 heteroatoms. The SMILES string of the molecule is C/C=C/N=Cc1coc2cc3occc3c(OC)c2c1=O. The quantitative estimate of drug-likeness (QED) is 0.690. The molecule has 0 bridgehead atoms. The Bertz CT molecular complexity index is 915. The molecule has 0 fully saturated rings. The Morgan fingerprint density at radius 1 is 1.29 bits per heavy atom. The van der Waals surface area contributed by atoms with Crippen LogP contribution in [0.15, 0.2) is 55.6 Å². The summed E-state index contributed by atoms with van der Waals surface area (Å²) in [4.78, 5) is 16.6. The molecule has 2 heterocycles. The second-order valence-electron chi connectivity index (χ2n) is 4.40. The first-order valence-corrected chi connectivity index (χ1v) is 6.40. The fourth-order valence-electron chi connectivity index (χ4n) is 2.20. The third-order valence-corrected chi connectivity index (χ3v) is 3.13. The zero-order chi connectivity index (χ0) is 14.8. The van der Waals surface area contributed by atoms with Gasteiger partial charge in [0, 0.05) is 18.5 Å². The molecule has 5 nitrogen and oxygen atoms in total. The summed E-state index contributed by atoms with van der Waals surface area (Å²) in [7, 11) is 1.52. The fraction of sp³-hybridized carbons (Fsp3) is 0.125. The van der Waals surface area contributed by atoms with Gasteiger partial charge in [0.05, 0.1) is 24.3 Å². The number of aliphatic imine (C=N–C) groups is 1. The molecule has 1 aromatic carbocycles. The first kappa shape index (κ1) is 13.2. The van der Waals surface area contributed by atoms with Crippen molar-refractivity contribution >= 4 is 28.2 Å². The van der Waals surface area contributed by atoms with Crippen LogP contribution in [-0.2, 0) is 0 Å². The summed E-state index contributed by atoms with van der Waals surface area (Å²) >= 11 is 0. The van der Waals surface area contributed by atoms with Crippen LogP contribution in [-0.4, -0.2) is 13.3 Å². The van der Waals surface area contributed by atoms with Gasteiger partial charge in [-0.05, 0) is 13.0 Å². The van der Waals surface area contributed by atoms with Crippen LogP contribution in [0.4, 0.5) is 0 Å². The highest BCUT2D eigenvalue weighted by Crippen LogP contribution is 2.33. The zero-order valence-corrected chi connectivity index (χ0v) is 11.6. The van der Waals surface area contributed by atoms with Crippen LogP contribution in [0.25, 0.3) is 21.9 Å². The molecule has 0 saturated heterocycles. The Morgan fingerprint density at radius 3 is 2.90 bits per heavy atom. The van der Waals surface area contributed by atoms with Gasteiger partial charge in [0.1, 0.15) is 28.6 Å². The smallest absolute Gasteiger partial charge is 0.205 e.